The molecule has 8 heteroatoms. The fourth-order valence-corrected chi connectivity index (χ4v) is 4.52. The number of allylic oxidation sites excluding steroid dienone is 4. The van der Waals surface area contributed by atoms with Gasteiger partial charge < -0.3 is 9.84 Å². The molecule has 2 aliphatic rings. The molecule has 1 aliphatic heterocycles. The molecule has 3 aromatic rings. The number of aliphatic imine (C=N–C) groups is 1. The Hall–Kier alpha value is -3.45. The lowest BCUT2D eigenvalue weighted by molar-refractivity contribution is -0.121. The number of hydrogen-bond acceptors (Lipinski definition) is 5. The lowest BCUT2D eigenvalue weighted by Gasteiger charge is -2.17. The maximum Gasteiger partial charge on any atom is 0.222 e. The Morgan fingerprint density at radius 3 is 2.91 bits per heavy atom. The minimum atomic E-state index is -0.490. The van der Waals surface area contributed by atoms with Crippen LogP contribution in [0.3, 0.4) is 0 Å². The molecule has 3 heterocycles. The van der Waals surface area contributed by atoms with E-state index in [1.807, 2.05) is 32.2 Å². The molecule has 0 saturated heterocycles. The smallest absolute Gasteiger partial charge is 0.222 e. The van der Waals surface area contributed by atoms with Gasteiger partial charge in [-0.05, 0) is 43.0 Å². The predicted molar refractivity (Wildman–Crippen MR) is 128 cm³/mol. The molecule has 2 N–H and O–H groups in total. The zero-order valence-electron chi connectivity index (χ0n) is 18.4. The van der Waals surface area contributed by atoms with Gasteiger partial charge in [0.1, 0.15) is 6.04 Å². The number of carbonyl (C=O) groups excluding carboxylic acids is 1. The summed E-state index contributed by atoms with van der Waals surface area (Å²) in [6.07, 6.45) is 10.6. The number of amides is 1. The molecule has 1 aliphatic carbocycles. The van der Waals surface area contributed by atoms with Gasteiger partial charge in [-0.3, -0.25) is 14.9 Å². The Balaban J connectivity index is 1.72. The van der Waals surface area contributed by atoms with Crippen molar-refractivity contribution in [3.8, 4) is 22.3 Å². The highest BCUT2D eigenvalue weighted by Crippen LogP contribution is 2.42. The van der Waals surface area contributed by atoms with Crippen LogP contribution in [0.25, 0.3) is 22.3 Å². The number of aromatic amines is 1. The Bertz CT molecular complexity index is 1290. The van der Waals surface area contributed by atoms with Crippen molar-refractivity contribution in [3.63, 3.8) is 0 Å². The zero-order chi connectivity index (χ0) is 22.9. The van der Waals surface area contributed by atoms with Crippen LogP contribution < -0.4 is 5.32 Å². The van der Waals surface area contributed by atoms with Gasteiger partial charge in [0.25, 0.3) is 0 Å². The van der Waals surface area contributed by atoms with E-state index >= 15 is 0 Å². The van der Waals surface area contributed by atoms with Gasteiger partial charge in [-0.15, -0.1) is 11.6 Å². The van der Waals surface area contributed by atoms with E-state index in [1.165, 1.54) is 0 Å². The molecule has 2 aromatic heterocycles. The molecule has 1 amide bonds. The van der Waals surface area contributed by atoms with Crippen LogP contribution in [0, 0.1) is 6.92 Å². The van der Waals surface area contributed by atoms with Crippen molar-refractivity contribution >= 4 is 23.2 Å². The number of aryl methyl sites for hydroxylation is 1. The van der Waals surface area contributed by atoms with Gasteiger partial charge in [-0.25, -0.2) is 0 Å². The SMILES string of the molecule is CCNC(=O)C[C@@H]1N=C(C2=CCC(Cl)C=C2)c2cc(-c3cn[nH]c3)ccc2-c2c(C)noc21. The molecule has 0 saturated carbocycles. The van der Waals surface area contributed by atoms with Crippen LogP contribution in [0.15, 0.2) is 63.9 Å². The van der Waals surface area contributed by atoms with Gasteiger partial charge in [0.2, 0.25) is 5.91 Å². The third-order valence-corrected chi connectivity index (χ3v) is 6.25. The molecule has 7 nitrogen and oxygen atoms in total. The lowest BCUT2D eigenvalue weighted by Crippen LogP contribution is -2.24. The second kappa shape index (κ2) is 8.83. The van der Waals surface area contributed by atoms with Crippen LogP contribution in [0.5, 0.6) is 0 Å². The Morgan fingerprint density at radius 2 is 2.18 bits per heavy atom. The monoisotopic (exact) mass is 461 g/mol. The van der Waals surface area contributed by atoms with Gasteiger partial charge in [0.15, 0.2) is 5.76 Å². The summed E-state index contributed by atoms with van der Waals surface area (Å²) >= 11 is 6.30. The normalized spacial score (nSPS) is 19.2. The molecule has 0 fully saturated rings. The maximum absolute atomic E-state index is 12.5. The summed E-state index contributed by atoms with van der Waals surface area (Å²) in [6, 6.07) is 5.75. The average Bonchev–Trinajstić information content (AvgIpc) is 3.45. The van der Waals surface area contributed by atoms with E-state index in [0.29, 0.717) is 18.7 Å². The molecule has 1 aromatic carbocycles. The molecular weight excluding hydrogens is 438 g/mol. The first-order valence-electron chi connectivity index (χ1n) is 11.0. The average molecular weight is 462 g/mol. The molecule has 0 bridgehead atoms. The number of nitrogens with one attached hydrogen (secondary N) is 2. The van der Waals surface area contributed by atoms with E-state index in [1.54, 1.807) is 6.20 Å². The van der Waals surface area contributed by atoms with Crippen molar-refractivity contribution < 1.29 is 9.32 Å². The highest BCUT2D eigenvalue weighted by Gasteiger charge is 2.32. The summed E-state index contributed by atoms with van der Waals surface area (Å²) in [5, 5.41) is 14.0. The third kappa shape index (κ3) is 4.04. The van der Waals surface area contributed by atoms with Crippen LogP contribution in [0.4, 0.5) is 0 Å². The van der Waals surface area contributed by atoms with E-state index in [4.69, 9.17) is 21.1 Å². The number of rotatable bonds is 5. The van der Waals surface area contributed by atoms with E-state index in [2.05, 4.69) is 44.9 Å². The van der Waals surface area contributed by atoms with Gasteiger partial charge in [-0.2, -0.15) is 5.10 Å². The van der Waals surface area contributed by atoms with Crippen LogP contribution >= 0.6 is 11.6 Å². The second-order valence-corrected chi connectivity index (χ2v) is 8.74. The minimum Gasteiger partial charge on any atom is -0.358 e. The third-order valence-electron chi connectivity index (χ3n) is 5.93. The first kappa shape index (κ1) is 21.4. The standard InChI is InChI=1S/C25H24ClN5O2/c1-3-27-22(32)11-21-25-23(14(2)31-33-25)19-9-6-16(17-12-28-29-13-17)10-20(19)24(30-21)15-4-7-18(26)8-5-15/h4-7,9-10,12-13,18,21H,3,8,11H2,1-2H3,(H,27,32)(H,28,29)/t18?,21-/m0/s1. The van der Waals surface area contributed by atoms with Crippen molar-refractivity contribution in [1.82, 2.24) is 20.7 Å². The summed E-state index contributed by atoms with van der Waals surface area (Å²) in [6.45, 7) is 4.38. The Kier molecular flexibility index (Phi) is 5.72. The largest absolute Gasteiger partial charge is 0.358 e. The van der Waals surface area contributed by atoms with Crippen molar-refractivity contribution in [2.45, 2.75) is 38.1 Å². The summed E-state index contributed by atoms with van der Waals surface area (Å²) in [7, 11) is 0. The predicted octanol–water partition coefficient (Wildman–Crippen LogP) is 4.90. The lowest BCUT2D eigenvalue weighted by atomic mass is 9.89. The van der Waals surface area contributed by atoms with Gasteiger partial charge in [-0.1, -0.05) is 35.5 Å². The number of benzene rings is 1. The number of carbonyl (C=O) groups is 1. The number of aromatic nitrogens is 3. The number of H-pyrrole nitrogens is 1. The number of alkyl halides is 1. The minimum absolute atomic E-state index is 0.0381. The van der Waals surface area contributed by atoms with Crippen LogP contribution in [0.1, 0.15) is 42.8 Å². The number of nitrogens with zero attached hydrogens (tertiary/aromatic N) is 3. The van der Waals surface area contributed by atoms with Crippen LogP contribution in [0.2, 0.25) is 0 Å². The molecule has 168 valence electrons. The fourth-order valence-electron chi connectivity index (χ4n) is 4.36. The summed E-state index contributed by atoms with van der Waals surface area (Å²) in [5.41, 5.74) is 7.41. The highest BCUT2D eigenvalue weighted by atomic mass is 35.5. The first-order valence-corrected chi connectivity index (χ1v) is 11.5. The van der Waals surface area contributed by atoms with Crippen LogP contribution in [-0.2, 0) is 4.79 Å². The number of halogens is 1. The van der Waals surface area contributed by atoms with E-state index in [0.717, 1.165) is 44.8 Å². The quantitative estimate of drug-likeness (QED) is 0.528. The zero-order valence-corrected chi connectivity index (χ0v) is 19.2. The fraction of sp³-hybridized carbons (Fsp3) is 0.280. The molecule has 0 radical (unpaired) electrons. The number of hydrogen-bond donors (Lipinski definition) is 2. The Labute approximate surface area is 196 Å². The van der Waals surface area contributed by atoms with E-state index < -0.39 is 6.04 Å². The maximum atomic E-state index is 12.5. The summed E-state index contributed by atoms with van der Waals surface area (Å²) in [4.78, 5) is 17.7. The van der Waals surface area contributed by atoms with Crippen molar-refractivity contribution in [2.24, 2.45) is 4.99 Å². The van der Waals surface area contributed by atoms with Gasteiger partial charge >= 0.3 is 0 Å². The van der Waals surface area contributed by atoms with Gasteiger partial charge in [0, 0.05) is 23.9 Å². The molecule has 2 atom stereocenters. The van der Waals surface area contributed by atoms with E-state index in [9.17, 15) is 4.79 Å². The molecular formula is C25H24ClN5O2. The van der Waals surface area contributed by atoms with E-state index in [-0.39, 0.29) is 17.7 Å². The number of fused-ring (bicyclic) bond motifs is 3. The second-order valence-electron chi connectivity index (χ2n) is 8.18. The Morgan fingerprint density at radius 1 is 1.30 bits per heavy atom. The molecule has 5 rings (SSSR count). The molecule has 33 heavy (non-hydrogen) atoms. The van der Waals surface area contributed by atoms with Crippen LogP contribution in [-0.4, -0.2) is 38.9 Å². The van der Waals surface area contributed by atoms with Crippen molar-refractivity contribution in [2.75, 3.05) is 6.54 Å². The first-order chi connectivity index (χ1) is 16.0. The molecule has 1 unspecified atom stereocenters. The topological polar surface area (TPSA) is 96.2 Å². The molecule has 0 spiro atoms. The van der Waals surface area contributed by atoms with Gasteiger partial charge in [0.05, 0.1) is 35.0 Å². The van der Waals surface area contributed by atoms with Crippen molar-refractivity contribution in [3.05, 3.63) is 71.4 Å². The summed E-state index contributed by atoms with van der Waals surface area (Å²) < 4.78 is 5.76. The summed E-state index contributed by atoms with van der Waals surface area (Å²) in [5.74, 6) is 0.534. The van der Waals surface area contributed by atoms with Crippen molar-refractivity contribution in [1.29, 1.82) is 0 Å². The highest BCUT2D eigenvalue weighted by molar-refractivity contribution is 6.23.